The first-order chi connectivity index (χ1) is 14.9. The van der Waals surface area contributed by atoms with Crippen molar-refractivity contribution in [3.05, 3.63) is 47.1 Å². The Morgan fingerprint density at radius 2 is 1.50 bits per heavy atom. The molecule has 3 rings (SSSR count). The molecule has 1 aromatic heterocycles. The molecule has 2 aromatic carbocycles. The van der Waals surface area contributed by atoms with Gasteiger partial charge in [0.05, 0.1) is 25.8 Å². The molecule has 0 saturated carbocycles. The van der Waals surface area contributed by atoms with E-state index in [1.54, 1.807) is 51.8 Å². The van der Waals surface area contributed by atoms with Crippen LogP contribution in [-0.2, 0) is 4.79 Å². The molecule has 0 saturated heterocycles. The first-order valence-electron chi connectivity index (χ1n) is 9.17. The lowest BCUT2D eigenvalue weighted by atomic mass is 10.2. The number of carbonyl (C=O) groups excluding carboxylic acids is 1. The van der Waals surface area contributed by atoms with Gasteiger partial charge in [-0.3, -0.25) is 4.79 Å². The van der Waals surface area contributed by atoms with Gasteiger partial charge in [-0.25, -0.2) is 4.98 Å². The third kappa shape index (κ3) is 6.14. The summed E-state index contributed by atoms with van der Waals surface area (Å²) in [4.78, 5) is 20.0. The zero-order valence-corrected chi connectivity index (χ0v) is 20.3. The van der Waals surface area contributed by atoms with E-state index in [1.807, 2.05) is 12.1 Å². The van der Waals surface area contributed by atoms with Crippen molar-refractivity contribution >= 4 is 63.1 Å². The van der Waals surface area contributed by atoms with Gasteiger partial charge in [0.15, 0.2) is 11.5 Å². The molecule has 0 bridgehead atoms. The maximum Gasteiger partial charge on any atom is 0.229 e. The van der Waals surface area contributed by atoms with Crippen molar-refractivity contribution in [1.29, 1.82) is 0 Å². The quantitative estimate of drug-likeness (QED) is 0.372. The minimum Gasteiger partial charge on any atom is -0.493 e. The number of nitrogens with zero attached hydrogens (tertiary/aromatic N) is 2. The van der Waals surface area contributed by atoms with Crippen LogP contribution in [0.3, 0.4) is 0 Å². The molecular weight excluding hydrogens is 502 g/mol. The average molecular weight is 525 g/mol. The highest BCUT2D eigenvalue weighted by molar-refractivity contribution is 9.10. The summed E-state index contributed by atoms with van der Waals surface area (Å²) in [5, 5.41) is 9.09. The predicted molar refractivity (Wildman–Crippen MR) is 130 cm³/mol. The zero-order valence-electron chi connectivity index (χ0n) is 17.9. The number of aromatic nitrogens is 2. The second-order valence-electron chi connectivity index (χ2n) is 6.31. The van der Waals surface area contributed by atoms with Gasteiger partial charge in [0, 0.05) is 42.3 Å². The molecule has 11 heteroatoms. The topological polar surface area (TPSA) is 107 Å². The van der Waals surface area contributed by atoms with Crippen LogP contribution in [0.15, 0.2) is 47.1 Å². The van der Waals surface area contributed by atoms with Gasteiger partial charge >= 0.3 is 0 Å². The Kier molecular flexibility index (Phi) is 8.91. The van der Waals surface area contributed by atoms with E-state index >= 15 is 0 Å². The van der Waals surface area contributed by atoms with Crippen molar-refractivity contribution in [2.24, 2.45) is 0 Å². The van der Waals surface area contributed by atoms with Crippen LogP contribution in [0, 0.1) is 0 Å². The minimum absolute atomic E-state index is 0. The lowest BCUT2D eigenvalue weighted by Gasteiger charge is -2.15. The second kappa shape index (κ2) is 11.4. The van der Waals surface area contributed by atoms with E-state index in [2.05, 4.69) is 41.8 Å². The summed E-state index contributed by atoms with van der Waals surface area (Å²) in [6.45, 7) is 1.46. The molecule has 0 spiro atoms. The fraction of sp³-hybridized carbons (Fsp3) is 0.190. The van der Waals surface area contributed by atoms with Crippen LogP contribution in [0.2, 0.25) is 0 Å². The molecule has 1 heterocycles. The average Bonchev–Trinajstić information content (AvgIpc) is 2.76. The summed E-state index contributed by atoms with van der Waals surface area (Å²) in [5.41, 5.74) is 2.18. The zero-order chi connectivity index (χ0) is 22.4. The highest BCUT2D eigenvalue weighted by Crippen LogP contribution is 2.41. The van der Waals surface area contributed by atoms with Crippen LogP contribution in [0.5, 0.6) is 17.2 Å². The summed E-state index contributed by atoms with van der Waals surface area (Å²) >= 11 is 3.46. The Morgan fingerprint density at radius 1 is 0.906 bits per heavy atom. The van der Waals surface area contributed by atoms with Crippen LogP contribution >= 0.6 is 28.3 Å². The maximum atomic E-state index is 11.1. The predicted octanol–water partition coefficient (Wildman–Crippen LogP) is 5.13. The third-order valence-electron chi connectivity index (χ3n) is 4.13. The molecule has 0 fully saturated rings. The summed E-state index contributed by atoms with van der Waals surface area (Å²) < 4.78 is 16.8. The Bertz CT molecular complexity index is 1060. The Hall–Kier alpha value is -3.24. The standard InChI is InChI=1S/C21H22BrN5O4.ClH/c1-12(28)24-13-5-7-14(8-6-13)26-21-23-11-16(22)20(27-21)25-15-9-17(29-2)19(31-4)18(10-15)30-3;/h5-11H,1-4H3,(H,24,28)(H2,23,25,26,27);1H. The second-order valence-corrected chi connectivity index (χ2v) is 7.17. The fourth-order valence-corrected chi connectivity index (χ4v) is 3.06. The summed E-state index contributed by atoms with van der Waals surface area (Å²) in [6, 6.07) is 10.8. The molecule has 0 aliphatic heterocycles. The highest BCUT2D eigenvalue weighted by Gasteiger charge is 2.15. The van der Waals surface area contributed by atoms with Crippen molar-refractivity contribution < 1.29 is 19.0 Å². The highest BCUT2D eigenvalue weighted by atomic mass is 79.9. The number of carbonyl (C=O) groups is 1. The van der Waals surface area contributed by atoms with Gasteiger partial charge in [-0.2, -0.15) is 4.98 Å². The number of halogens is 2. The van der Waals surface area contributed by atoms with Gasteiger partial charge in [-0.05, 0) is 40.2 Å². The maximum absolute atomic E-state index is 11.1. The Labute approximate surface area is 200 Å². The molecular formula is C21H23BrClN5O4. The molecule has 9 nitrogen and oxygen atoms in total. The van der Waals surface area contributed by atoms with Crippen LogP contribution in [0.1, 0.15) is 6.92 Å². The van der Waals surface area contributed by atoms with E-state index < -0.39 is 0 Å². The van der Waals surface area contributed by atoms with E-state index in [4.69, 9.17) is 14.2 Å². The van der Waals surface area contributed by atoms with Gasteiger partial charge in [0.2, 0.25) is 17.6 Å². The first kappa shape index (κ1) is 25.0. The van der Waals surface area contributed by atoms with Crippen molar-refractivity contribution in [3.8, 4) is 17.2 Å². The minimum atomic E-state index is -0.125. The van der Waals surface area contributed by atoms with Gasteiger partial charge in [-0.1, -0.05) is 0 Å². The number of anilines is 5. The third-order valence-corrected chi connectivity index (χ3v) is 4.71. The monoisotopic (exact) mass is 523 g/mol. The summed E-state index contributed by atoms with van der Waals surface area (Å²) in [6.07, 6.45) is 1.64. The van der Waals surface area contributed by atoms with Crippen LogP contribution in [0.4, 0.5) is 28.8 Å². The van der Waals surface area contributed by atoms with Gasteiger partial charge in [0.1, 0.15) is 5.82 Å². The number of ether oxygens (including phenoxy) is 3. The summed E-state index contributed by atoms with van der Waals surface area (Å²) in [7, 11) is 4.66. The number of hydrogen-bond donors (Lipinski definition) is 3. The molecule has 1 amide bonds. The van der Waals surface area contributed by atoms with Gasteiger partial charge in [-0.15, -0.1) is 12.4 Å². The number of methoxy groups -OCH3 is 3. The molecule has 0 atom stereocenters. The normalized spacial score (nSPS) is 9.91. The summed E-state index contributed by atoms with van der Waals surface area (Å²) in [5.74, 6) is 2.35. The number of hydrogen-bond acceptors (Lipinski definition) is 8. The largest absolute Gasteiger partial charge is 0.493 e. The van der Waals surface area contributed by atoms with Crippen molar-refractivity contribution in [1.82, 2.24) is 9.97 Å². The van der Waals surface area contributed by atoms with Crippen molar-refractivity contribution in [3.63, 3.8) is 0 Å². The van der Waals surface area contributed by atoms with Crippen molar-refractivity contribution in [2.45, 2.75) is 6.92 Å². The van der Waals surface area contributed by atoms with Crippen LogP contribution in [-0.4, -0.2) is 37.2 Å². The van der Waals surface area contributed by atoms with Crippen LogP contribution in [0.25, 0.3) is 0 Å². The number of benzene rings is 2. The molecule has 3 aromatic rings. The van der Waals surface area contributed by atoms with E-state index in [9.17, 15) is 4.79 Å². The van der Waals surface area contributed by atoms with E-state index in [0.717, 1.165) is 5.69 Å². The number of nitrogens with one attached hydrogen (secondary N) is 3. The smallest absolute Gasteiger partial charge is 0.229 e. The van der Waals surface area contributed by atoms with E-state index in [-0.39, 0.29) is 18.3 Å². The van der Waals surface area contributed by atoms with Gasteiger partial charge < -0.3 is 30.2 Å². The molecule has 0 aliphatic rings. The Balaban J connectivity index is 0.00000363. The fourth-order valence-electron chi connectivity index (χ4n) is 2.77. The molecule has 0 aliphatic carbocycles. The molecule has 0 radical (unpaired) electrons. The van der Waals surface area contributed by atoms with Crippen molar-refractivity contribution in [2.75, 3.05) is 37.3 Å². The number of amides is 1. The Morgan fingerprint density at radius 3 is 2.03 bits per heavy atom. The van der Waals surface area contributed by atoms with Gasteiger partial charge in [0.25, 0.3) is 0 Å². The lowest BCUT2D eigenvalue weighted by Crippen LogP contribution is -2.05. The SMILES string of the molecule is COc1cc(Nc2nc(Nc3ccc(NC(C)=O)cc3)ncc2Br)cc(OC)c1OC.Cl. The van der Waals surface area contributed by atoms with Crippen LogP contribution < -0.4 is 30.2 Å². The first-order valence-corrected chi connectivity index (χ1v) is 9.97. The number of rotatable bonds is 8. The molecule has 170 valence electrons. The molecule has 0 unspecified atom stereocenters. The molecule has 3 N–H and O–H groups in total. The molecule has 32 heavy (non-hydrogen) atoms. The van der Waals surface area contributed by atoms with E-state index in [1.165, 1.54) is 6.92 Å². The van der Waals surface area contributed by atoms with E-state index in [0.29, 0.717) is 44.9 Å². The lowest BCUT2D eigenvalue weighted by molar-refractivity contribution is -0.114.